The maximum absolute atomic E-state index is 5.83. The standard InChI is InChI=1S/C16H17NO/c17-11-13-10-16(13)12-5-4-8-15(9-12)18-14-6-2-1-3-7-14/h1-9,13,16H,10-11,17H2/t13-,16-/m0/s1. The van der Waals surface area contributed by atoms with Gasteiger partial charge in [-0.05, 0) is 54.6 Å². The van der Waals surface area contributed by atoms with E-state index < -0.39 is 0 Å². The Hall–Kier alpha value is -1.80. The summed E-state index contributed by atoms with van der Waals surface area (Å²) in [6.07, 6.45) is 1.21. The molecule has 2 aromatic carbocycles. The van der Waals surface area contributed by atoms with Crippen LogP contribution in [0.3, 0.4) is 0 Å². The SMILES string of the molecule is NC[C@@H]1C[C@H]1c1cccc(Oc2ccccc2)c1. The monoisotopic (exact) mass is 239 g/mol. The molecule has 1 aliphatic rings. The summed E-state index contributed by atoms with van der Waals surface area (Å²) in [5, 5.41) is 0. The van der Waals surface area contributed by atoms with Crippen molar-refractivity contribution < 1.29 is 4.74 Å². The van der Waals surface area contributed by atoms with E-state index in [1.54, 1.807) is 0 Å². The van der Waals surface area contributed by atoms with Crippen LogP contribution >= 0.6 is 0 Å². The molecule has 0 saturated heterocycles. The Labute approximate surface area is 107 Å². The second-order valence-electron chi connectivity index (χ2n) is 4.83. The lowest BCUT2D eigenvalue weighted by atomic mass is 10.1. The summed E-state index contributed by atoms with van der Waals surface area (Å²) >= 11 is 0. The van der Waals surface area contributed by atoms with Gasteiger partial charge in [0.25, 0.3) is 0 Å². The molecule has 0 radical (unpaired) electrons. The van der Waals surface area contributed by atoms with Gasteiger partial charge in [-0.1, -0.05) is 30.3 Å². The molecule has 0 bridgehead atoms. The van der Waals surface area contributed by atoms with Crippen LogP contribution in [0.4, 0.5) is 0 Å². The van der Waals surface area contributed by atoms with Crippen molar-refractivity contribution in [1.29, 1.82) is 0 Å². The summed E-state index contributed by atoms with van der Waals surface area (Å²) in [6.45, 7) is 0.786. The van der Waals surface area contributed by atoms with Gasteiger partial charge >= 0.3 is 0 Å². The molecule has 3 rings (SSSR count). The molecular formula is C16H17NO. The Kier molecular flexibility index (Phi) is 3.03. The van der Waals surface area contributed by atoms with E-state index in [0.29, 0.717) is 11.8 Å². The van der Waals surface area contributed by atoms with Gasteiger partial charge in [0, 0.05) is 0 Å². The molecule has 0 aliphatic heterocycles. The van der Waals surface area contributed by atoms with Gasteiger partial charge in [-0.15, -0.1) is 0 Å². The number of nitrogens with two attached hydrogens (primary N) is 1. The molecule has 0 heterocycles. The summed E-state index contributed by atoms with van der Waals surface area (Å²) < 4.78 is 5.83. The molecule has 92 valence electrons. The molecule has 2 heteroatoms. The minimum Gasteiger partial charge on any atom is -0.457 e. The minimum atomic E-state index is 0.634. The molecule has 2 atom stereocenters. The number of benzene rings is 2. The Balaban J connectivity index is 1.76. The van der Waals surface area contributed by atoms with Crippen LogP contribution in [0.5, 0.6) is 11.5 Å². The van der Waals surface area contributed by atoms with Crippen molar-refractivity contribution in [3.63, 3.8) is 0 Å². The fraction of sp³-hybridized carbons (Fsp3) is 0.250. The van der Waals surface area contributed by atoms with Crippen LogP contribution in [-0.2, 0) is 0 Å². The van der Waals surface area contributed by atoms with Crippen molar-refractivity contribution in [2.75, 3.05) is 6.54 Å². The first-order valence-corrected chi connectivity index (χ1v) is 6.40. The Morgan fingerprint density at radius 2 is 1.78 bits per heavy atom. The molecule has 2 nitrogen and oxygen atoms in total. The third kappa shape index (κ3) is 2.39. The number of para-hydroxylation sites is 1. The first-order chi connectivity index (χ1) is 8.86. The van der Waals surface area contributed by atoms with Gasteiger partial charge in [0.05, 0.1) is 0 Å². The molecule has 2 N–H and O–H groups in total. The topological polar surface area (TPSA) is 35.2 Å². The highest BCUT2D eigenvalue weighted by Gasteiger charge is 2.36. The molecule has 2 aromatic rings. The van der Waals surface area contributed by atoms with Crippen molar-refractivity contribution in [3.05, 3.63) is 60.2 Å². The Morgan fingerprint density at radius 1 is 1.00 bits per heavy atom. The quantitative estimate of drug-likeness (QED) is 0.885. The van der Waals surface area contributed by atoms with Crippen LogP contribution in [-0.4, -0.2) is 6.54 Å². The van der Waals surface area contributed by atoms with E-state index in [9.17, 15) is 0 Å². The average Bonchev–Trinajstić information content (AvgIpc) is 3.20. The average molecular weight is 239 g/mol. The highest BCUT2D eigenvalue weighted by Crippen LogP contribution is 2.47. The van der Waals surface area contributed by atoms with E-state index in [0.717, 1.165) is 18.0 Å². The van der Waals surface area contributed by atoms with Gasteiger partial charge in [0.2, 0.25) is 0 Å². The van der Waals surface area contributed by atoms with E-state index in [1.165, 1.54) is 12.0 Å². The van der Waals surface area contributed by atoms with E-state index in [2.05, 4.69) is 18.2 Å². The van der Waals surface area contributed by atoms with E-state index in [-0.39, 0.29) is 0 Å². The van der Waals surface area contributed by atoms with Crippen LogP contribution < -0.4 is 10.5 Å². The number of hydrogen-bond donors (Lipinski definition) is 1. The molecule has 1 saturated carbocycles. The van der Waals surface area contributed by atoms with Crippen LogP contribution in [0, 0.1) is 5.92 Å². The summed E-state index contributed by atoms with van der Waals surface area (Å²) in [6, 6.07) is 18.2. The van der Waals surface area contributed by atoms with Crippen molar-refractivity contribution in [2.45, 2.75) is 12.3 Å². The van der Waals surface area contributed by atoms with Gasteiger partial charge in [0.1, 0.15) is 11.5 Å². The van der Waals surface area contributed by atoms with Crippen LogP contribution in [0.1, 0.15) is 17.9 Å². The summed E-state index contributed by atoms with van der Waals surface area (Å²) in [5.41, 5.74) is 7.04. The molecule has 18 heavy (non-hydrogen) atoms. The molecule has 0 unspecified atom stereocenters. The predicted octanol–water partition coefficient (Wildman–Crippen LogP) is 3.54. The summed E-state index contributed by atoms with van der Waals surface area (Å²) in [7, 11) is 0. The first kappa shape index (κ1) is 11.3. The first-order valence-electron chi connectivity index (χ1n) is 6.40. The van der Waals surface area contributed by atoms with Gasteiger partial charge < -0.3 is 10.5 Å². The second kappa shape index (κ2) is 4.83. The third-order valence-corrected chi connectivity index (χ3v) is 3.49. The molecule has 0 spiro atoms. The zero-order chi connectivity index (χ0) is 12.4. The van der Waals surface area contributed by atoms with Gasteiger partial charge in [-0.2, -0.15) is 0 Å². The Bertz CT molecular complexity index is 524. The smallest absolute Gasteiger partial charge is 0.127 e. The number of hydrogen-bond acceptors (Lipinski definition) is 2. The van der Waals surface area contributed by atoms with Crippen molar-refractivity contribution >= 4 is 0 Å². The van der Waals surface area contributed by atoms with Crippen molar-refractivity contribution in [2.24, 2.45) is 11.7 Å². The van der Waals surface area contributed by atoms with Crippen molar-refractivity contribution in [1.82, 2.24) is 0 Å². The Morgan fingerprint density at radius 3 is 2.50 bits per heavy atom. The summed E-state index contributed by atoms with van der Waals surface area (Å²) in [5.74, 6) is 3.08. The minimum absolute atomic E-state index is 0.634. The van der Waals surface area contributed by atoms with E-state index in [1.807, 2.05) is 36.4 Å². The van der Waals surface area contributed by atoms with Gasteiger partial charge in [0.15, 0.2) is 0 Å². The lowest BCUT2D eigenvalue weighted by Gasteiger charge is -2.07. The van der Waals surface area contributed by atoms with E-state index >= 15 is 0 Å². The molecule has 0 aromatic heterocycles. The largest absolute Gasteiger partial charge is 0.457 e. The molecular weight excluding hydrogens is 222 g/mol. The van der Waals surface area contributed by atoms with Gasteiger partial charge in [-0.25, -0.2) is 0 Å². The predicted molar refractivity (Wildman–Crippen MR) is 72.9 cm³/mol. The maximum atomic E-state index is 5.83. The van der Waals surface area contributed by atoms with Crippen LogP contribution in [0.15, 0.2) is 54.6 Å². The van der Waals surface area contributed by atoms with E-state index in [4.69, 9.17) is 10.5 Å². The number of rotatable bonds is 4. The van der Waals surface area contributed by atoms with Crippen LogP contribution in [0.2, 0.25) is 0 Å². The third-order valence-electron chi connectivity index (χ3n) is 3.49. The second-order valence-corrected chi connectivity index (χ2v) is 4.83. The van der Waals surface area contributed by atoms with Gasteiger partial charge in [-0.3, -0.25) is 0 Å². The fourth-order valence-corrected chi connectivity index (χ4v) is 2.35. The normalized spacial score (nSPS) is 21.6. The highest BCUT2D eigenvalue weighted by molar-refractivity contribution is 5.37. The number of ether oxygens (including phenoxy) is 1. The fourth-order valence-electron chi connectivity index (χ4n) is 2.35. The molecule has 1 aliphatic carbocycles. The summed E-state index contributed by atoms with van der Waals surface area (Å²) in [4.78, 5) is 0. The lowest BCUT2D eigenvalue weighted by molar-refractivity contribution is 0.482. The molecule has 1 fully saturated rings. The molecule has 0 amide bonds. The zero-order valence-electron chi connectivity index (χ0n) is 10.3. The maximum Gasteiger partial charge on any atom is 0.127 e. The van der Waals surface area contributed by atoms with Crippen LogP contribution in [0.25, 0.3) is 0 Å². The lowest BCUT2D eigenvalue weighted by Crippen LogP contribution is -2.01. The van der Waals surface area contributed by atoms with Crippen molar-refractivity contribution in [3.8, 4) is 11.5 Å². The zero-order valence-corrected chi connectivity index (χ0v) is 10.3. The highest BCUT2D eigenvalue weighted by atomic mass is 16.5.